The van der Waals surface area contributed by atoms with Crippen LogP contribution in [-0.4, -0.2) is 22.1 Å². The molecule has 2 aromatic rings. The Balaban J connectivity index is 2.64. The predicted molar refractivity (Wildman–Crippen MR) is 70.5 cm³/mol. The van der Waals surface area contributed by atoms with Gasteiger partial charge in [-0.05, 0) is 25.1 Å². The minimum Gasteiger partial charge on any atom is -0.465 e. The Bertz CT molecular complexity index is 747. The molecule has 1 heterocycles. The molecule has 0 saturated carbocycles. The summed E-state index contributed by atoms with van der Waals surface area (Å²) in [4.78, 5) is 37.2. The van der Waals surface area contributed by atoms with Gasteiger partial charge in [-0.2, -0.15) is 0 Å². The van der Waals surface area contributed by atoms with Crippen LogP contribution in [0, 0.1) is 0 Å². The molecule has 0 fully saturated rings. The summed E-state index contributed by atoms with van der Waals surface area (Å²) in [5, 5.41) is 0.421. The van der Waals surface area contributed by atoms with Crippen LogP contribution in [0.3, 0.4) is 0 Å². The van der Waals surface area contributed by atoms with E-state index in [1.807, 2.05) is 0 Å². The van der Waals surface area contributed by atoms with Crippen LogP contribution in [0.2, 0.25) is 5.02 Å². The molecule has 100 valence electrons. The summed E-state index contributed by atoms with van der Waals surface area (Å²) in [5.74, 6) is -0.577. The summed E-state index contributed by atoms with van der Waals surface area (Å²) in [6.07, 6.45) is 0. The maximum atomic E-state index is 11.8. The molecule has 1 N–H and O–H groups in total. The number of nitrogens with zero attached hydrogens (tertiary/aromatic N) is 1. The number of hydrogen-bond acceptors (Lipinski definition) is 4. The van der Waals surface area contributed by atoms with E-state index in [9.17, 15) is 14.4 Å². The number of rotatable bonds is 3. The van der Waals surface area contributed by atoms with Crippen LogP contribution in [-0.2, 0) is 16.1 Å². The fourth-order valence-corrected chi connectivity index (χ4v) is 1.92. The third-order valence-corrected chi connectivity index (χ3v) is 2.76. The van der Waals surface area contributed by atoms with Gasteiger partial charge >= 0.3 is 17.1 Å². The molecule has 0 bridgehead atoms. The molecule has 1 aromatic carbocycles. The molecule has 0 aliphatic rings. The molecule has 6 nitrogen and oxygen atoms in total. The van der Waals surface area contributed by atoms with Gasteiger partial charge in [0.15, 0.2) is 0 Å². The fraction of sp³-hybridized carbons (Fsp3) is 0.250. The molecule has 0 spiro atoms. The molecule has 7 heteroatoms. The van der Waals surface area contributed by atoms with Crippen LogP contribution in [0.25, 0.3) is 11.0 Å². The second-order valence-electron chi connectivity index (χ2n) is 3.81. The first kappa shape index (κ1) is 13.4. The average molecular weight is 283 g/mol. The number of H-pyrrole nitrogens is 1. The van der Waals surface area contributed by atoms with E-state index in [2.05, 4.69) is 4.98 Å². The molecule has 0 aliphatic carbocycles. The lowest BCUT2D eigenvalue weighted by Gasteiger charge is -2.09. The summed E-state index contributed by atoms with van der Waals surface area (Å²) < 4.78 is 5.85. The molecule has 1 aromatic heterocycles. The van der Waals surface area contributed by atoms with Gasteiger partial charge in [0.1, 0.15) is 6.54 Å². The van der Waals surface area contributed by atoms with Gasteiger partial charge in [0.05, 0.1) is 17.6 Å². The van der Waals surface area contributed by atoms with Crippen LogP contribution < -0.4 is 11.1 Å². The summed E-state index contributed by atoms with van der Waals surface area (Å²) in [6.45, 7) is 1.56. The molecule has 0 radical (unpaired) electrons. The second-order valence-corrected chi connectivity index (χ2v) is 4.25. The van der Waals surface area contributed by atoms with Gasteiger partial charge in [0.25, 0.3) is 0 Å². The number of halogens is 1. The van der Waals surface area contributed by atoms with Crippen molar-refractivity contribution in [2.75, 3.05) is 6.61 Å². The number of fused-ring (bicyclic) bond motifs is 1. The van der Waals surface area contributed by atoms with Crippen molar-refractivity contribution in [3.05, 3.63) is 43.9 Å². The van der Waals surface area contributed by atoms with E-state index in [0.29, 0.717) is 16.1 Å². The van der Waals surface area contributed by atoms with Gasteiger partial charge in [-0.1, -0.05) is 11.6 Å². The molecule has 0 aliphatic heterocycles. The van der Waals surface area contributed by atoms with Gasteiger partial charge < -0.3 is 9.72 Å². The van der Waals surface area contributed by atoms with Crippen molar-refractivity contribution in [2.45, 2.75) is 13.5 Å². The first-order valence-corrected chi connectivity index (χ1v) is 5.98. The normalized spacial score (nSPS) is 10.6. The van der Waals surface area contributed by atoms with E-state index in [4.69, 9.17) is 16.3 Å². The van der Waals surface area contributed by atoms with Crippen LogP contribution in [0.5, 0.6) is 0 Å². The van der Waals surface area contributed by atoms with Crippen molar-refractivity contribution < 1.29 is 9.53 Å². The summed E-state index contributed by atoms with van der Waals surface area (Å²) >= 11 is 5.82. The van der Waals surface area contributed by atoms with E-state index in [1.54, 1.807) is 19.1 Å². The Kier molecular flexibility index (Phi) is 3.71. The van der Waals surface area contributed by atoms with Crippen molar-refractivity contribution >= 4 is 28.6 Å². The van der Waals surface area contributed by atoms with Gasteiger partial charge in [-0.15, -0.1) is 0 Å². The quantitative estimate of drug-likeness (QED) is 0.670. The molecule has 2 rings (SSSR count). The Labute approximate surface area is 112 Å². The number of nitrogens with one attached hydrogen (secondary N) is 1. The standard InChI is InChI=1S/C12H11ClN2O4/c1-2-19-10(16)6-15-9-4-3-7(13)5-8(9)14-11(17)12(15)18/h3-5H,2,6H2,1H3,(H,14,17). The number of ether oxygens (including phenoxy) is 1. The largest absolute Gasteiger partial charge is 0.465 e. The van der Waals surface area contributed by atoms with Crippen molar-refractivity contribution in [3.63, 3.8) is 0 Å². The highest BCUT2D eigenvalue weighted by Crippen LogP contribution is 2.15. The van der Waals surface area contributed by atoms with Gasteiger partial charge in [-0.25, -0.2) is 0 Å². The summed E-state index contributed by atoms with van der Waals surface area (Å²) in [5.41, 5.74) is -0.801. The van der Waals surface area contributed by atoms with E-state index >= 15 is 0 Å². The van der Waals surface area contributed by atoms with Crippen molar-refractivity contribution in [1.29, 1.82) is 0 Å². The van der Waals surface area contributed by atoms with E-state index in [-0.39, 0.29) is 13.2 Å². The number of benzene rings is 1. The minimum absolute atomic E-state index is 0.209. The number of aromatic amines is 1. The maximum Gasteiger partial charge on any atom is 0.326 e. The minimum atomic E-state index is -0.806. The molecule has 0 saturated heterocycles. The monoisotopic (exact) mass is 282 g/mol. The lowest BCUT2D eigenvalue weighted by atomic mass is 10.3. The lowest BCUT2D eigenvalue weighted by molar-refractivity contribution is -0.143. The molecular weight excluding hydrogens is 272 g/mol. The predicted octanol–water partition coefficient (Wildman–Crippen LogP) is 0.906. The first-order valence-electron chi connectivity index (χ1n) is 5.61. The van der Waals surface area contributed by atoms with Crippen LogP contribution >= 0.6 is 11.6 Å². The number of carbonyl (C=O) groups is 1. The summed E-state index contributed by atoms with van der Waals surface area (Å²) in [6, 6.07) is 4.65. The van der Waals surface area contributed by atoms with Crippen LogP contribution in [0.4, 0.5) is 0 Å². The van der Waals surface area contributed by atoms with Crippen molar-refractivity contribution in [2.24, 2.45) is 0 Å². The maximum absolute atomic E-state index is 11.8. The molecule has 0 atom stereocenters. The molecular formula is C12H11ClN2O4. The SMILES string of the molecule is CCOC(=O)Cn1c(=O)c(=O)[nH]c2cc(Cl)ccc21. The van der Waals surface area contributed by atoms with Gasteiger partial charge in [-0.3, -0.25) is 19.0 Å². The zero-order valence-electron chi connectivity index (χ0n) is 10.1. The highest BCUT2D eigenvalue weighted by atomic mass is 35.5. The summed E-state index contributed by atoms with van der Waals surface area (Å²) in [7, 11) is 0. The van der Waals surface area contributed by atoms with Crippen molar-refractivity contribution in [1.82, 2.24) is 9.55 Å². The number of carbonyl (C=O) groups excluding carboxylic acids is 1. The Hall–Kier alpha value is -2.08. The molecule has 19 heavy (non-hydrogen) atoms. The third kappa shape index (κ3) is 2.68. The third-order valence-electron chi connectivity index (χ3n) is 2.53. The van der Waals surface area contributed by atoms with Gasteiger partial charge in [0, 0.05) is 5.02 Å². The van der Waals surface area contributed by atoms with Gasteiger partial charge in [0.2, 0.25) is 0 Å². The molecule has 0 unspecified atom stereocenters. The highest BCUT2D eigenvalue weighted by molar-refractivity contribution is 6.31. The Morgan fingerprint density at radius 2 is 2.16 bits per heavy atom. The van der Waals surface area contributed by atoms with Crippen molar-refractivity contribution in [3.8, 4) is 0 Å². The zero-order chi connectivity index (χ0) is 14.0. The van der Waals surface area contributed by atoms with Crippen LogP contribution in [0.15, 0.2) is 27.8 Å². The highest BCUT2D eigenvalue weighted by Gasteiger charge is 2.12. The van der Waals surface area contributed by atoms with E-state index in [1.165, 1.54) is 6.07 Å². The first-order chi connectivity index (χ1) is 9.02. The Morgan fingerprint density at radius 1 is 1.42 bits per heavy atom. The van der Waals surface area contributed by atoms with E-state index < -0.39 is 17.1 Å². The topological polar surface area (TPSA) is 81.2 Å². The number of aromatic nitrogens is 2. The van der Waals surface area contributed by atoms with E-state index in [0.717, 1.165) is 4.57 Å². The average Bonchev–Trinajstić information content (AvgIpc) is 2.35. The smallest absolute Gasteiger partial charge is 0.326 e. The number of hydrogen-bond donors (Lipinski definition) is 1. The second kappa shape index (κ2) is 5.27. The fourth-order valence-electron chi connectivity index (χ4n) is 1.74. The Morgan fingerprint density at radius 3 is 2.84 bits per heavy atom. The van der Waals surface area contributed by atoms with Crippen LogP contribution in [0.1, 0.15) is 6.92 Å². The molecule has 0 amide bonds. The number of esters is 1. The lowest BCUT2D eigenvalue weighted by Crippen LogP contribution is -2.38. The zero-order valence-corrected chi connectivity index (χ0v) is 10.9.